The maximum Gasteiger partial charge on any atom is 0.416 e. The zero-order valence-electron chi connectivity index (χ0n) is 18.5. The van der Waals surface area contributed by atoms with Gasteiger partial charge in [0.2, 0.25) is 5.95 Å². The van der Waals surface area contributed by atoms with E-state index in [1.54, 1.807) is 37.8 Å². The van der Waals surface area contributed by atoms with Crippen molar-refractivity contribution in [2.75, 3.05) is 12.4 Å². The lowest BCUT2D eigenvalue weighted by molar-refractivity contribution is -0.137. The molecule has 3 aromatic heterocycles. The van der Waals surface area contributed by atoms with Crippen molar-refractivity contribution in [3.8, 4) is 22.6 Å². The number of aryl methyl sites for hydroxylation is 1. The summed E-state index contributed by atoms with van der Waals surface area (Å²) in [7, 11) is 1.55. The smallest absolute Gasteiger partial charge is 0.416 e. The number of fused-ring (bicyclic) bond motifs is 1. The van der Waals surface area contributed by atoms with Crippen LogP contribution < -0.4 is 10.1 Å². The van der Waals surface area contributed by atoms with Crippen molar-refractivity contribution in [3.05, 3.63) is 84.3 Å². The molecule has 3 heterocycles. The van der Waals surface area contributed by atoms with Crippen LogP contribution in [0.2, 0.25) is 0 Å². The Labute approximate surface area is 196 Å². The van der Waals surface area contributed by atoms with Crippen LogP contribution in [0.25, 0.3) is 22.5 Å². The van der Waals surface area contributed by atoms with Crippen molar-refractivity contribution >= 4 is 17.3 Å². The Bertz CT molecular complexity index is 1540. The monoisotopic (exact) mass is 482 g/mol. The van der Waals surface area contributed by atoms with E-state index in [1.807, 2.05) is 23.8 Å². The van der Waals surface area contributed by atoms with E-state index in [4.69, 9.17) is 4.74 Å². The lowest BCUT2D eigenvalue weighted by Gasteiger charge is -2.11. The molecule has 1 N–H and O–H groups in total. The summed E-state index contributed by atoms with van der Waals surface area (Å²) in [6, 6.07) is 10.7. The van der Waals surface area contributed by atoms with Crippen LogP contribution in [0.5, 0.6) is 5.75 Å². The van der Waals surface area contributed by atoms with Gasteiger partial charge in [-0.15, -0.1) is 5.10 Å². The van der Waals surface area contributed by atoms with Crippen molar-refractivity contribution in [2.45, 2.75) is 13.1 Å². The molecule has 5 aromatic rings. The molecular weight excluding hydrogens is 464 g/mol. The summed E-state index contributed by atoms with van der Waals surface area (Å²) in [5, 5.41) is 7.39. The lowest BCUT2D eigenvalue weighted by Crippen LogP contribution is -2.05. The van der Waals surface area contributed by atoms with Gasteiger partial charge in [0, 0.05) is 35.3 Å². The third-order valence-electron chi connectivity index (χ3n) is 5.37. The third-order valence-corrected chi connectivity index (χ3v) is 5.37. The number of halogens is 4. The first-order valence-electron chi connectivity index (χ1n) is 10.4. The number of nitrogens with zero attached hydrogens (tertiary/aromatic N) is 5. The molecule has 11 heteroatoms. The number of methoxy groups -OCH3 is 1. The summed E-state index contributed by atoms with van der Waals surface area (Å²) < 4.78 is 62.8. The number of aromatic nitrogens is 5. The maximum absolute atomic E-state index is 14.5. The Morgan fingerprint density at radius 3 is 2.57 bits per heavy atom. The first-order valence-corrected chi connectivity index (χ1v) is 10.4. The van der Waals surface area contributed by atoms with Gasteiger partial charge in [0.05, 0.1) is 30.4 Å². The first kappa shape index (κ1) is 22.4. The summed E-state index contributed by atoms with van der Waals surface area (Å²) in [5.74, 6) is -0.0420. The van der Waals surface area contributed by atoms with Crippen molar-refractivity contribution < 1.29 is 22.3 Å². The van der Waals surface area contributed by atoms with E-state index in [-0.39, 0.29) is 22.7 Å². The minimum absolute atomic E-state index is 0.179. The fraction of sp³-hybridized carbons (Fsp3) is 0.125. The van der Waals surface area contributed by atoms with Crippen LogP contribution >= 0.6 is 0 Å². The average Bonchev–Trinajstić information content (AvgIpc) is 3.44. The fourth-order valence-corrected chi connectivity index (χ4v) is 3.73. The van der Waals surface area contributed by atoms with Crippen molar-refractivity contribution in [1.82, 2.24) is 24.1 Å². The molecule has 0 atom stereocenters. The number of hydrogen-bond acceptors (Lipinski definition) is 5. The van der Waals surface area contributed by atoms with Crippen molar-refractivity contribution in [3.63, 3.8) is 0 Å². The standard InChI is InChI=1S/C24H18F4N6O/c1-14-12-33(13-29-14)20-8-6-16(11-21(20)35-2)30-23-31-22-17(4-3-9-34(22)32-23)18-10-15(24(26,27)28)5-7-19(18)25/h3-13H,1-2H3,(H,30,32). The van der Waals surface area contributed by atoms with E-state index >= 15 is 0 Å². The zero-order valence-corrected chi connectivity index (χ0v) is 18.5. The van der Waals surface area contributed by atoms with Gasteiger partial charge >= 0.3 is 6.18 Å². The SMILES string of the molecule is COc1cc(Nc2nc3c(-c4cc(C(F)(F)F)ccc4F)cccn3n2)ccc1-n1cnc(C)c1. The summed E-state index contributed by atoms with van der Waals surface area (Å²) in [4.78, 5) is 8.61. The molecule has 0 aliphatic heterocycles. The molecule has 0 aliphatic rings. The second-order valence-corrected chi connectivity index (χ2v) is 7.75. The maximum atomic E-state index is 14.5. The quantitative estimate of drug-likeness (QED) is 0.321. The molecule has 0 saturated carbocycles. The largest absolute Gasteiger partial charge is 0.494 e. The van der Waals surface area contributed by atoms with Gasteiger partial charge in [-0.3, -0.25) is 0 Å². The number of anilines is 2. The minimum atomic E-state index is -4.60. The molecule has 0 unspecified atom stereocenters. The number of hydrogen-bond donors (Lipinski definition) is 1. The molecule has 35 heavy (non-hydrogen) atoms. The molecule has 0 amide bonds. The molecule has 0 radical (unpaired) electrons. The second-order valence-electron chi connectivity index (χ2n) is 7.75. The molecule has 178 valence electrons. The van der Waals surface area contributed by atoms with Crippen LogP contribution in [0, 0.1) is 12.7 Å². The molecule has 7 nitrogen and oxygen atoms in total. The Morgan fingerprint density at radius 2 is 1.86 bits per heavy atom. The molecule has 0 aliphatic carbocycles. The summed E-state index contributed by atoms with van der Waals surface area (Å²) in [6.45, 7) is 1.88. The van der Waals surface area contributed by atoms with Gasteiger partial charge in [0.25, 0.3) is 0 Å². The molecule has 2 aromatic carbocycles. The minimum Gasteiger partial charge on any atom is -0.494 e. The van der Waals surface area contributed by atoms with Crippen molar-refractivity contribution in [1.29, 1.82) is 0 Å². The predicted octanol–water partition coefficient (Wildman–Crippen LogP) is 5.80. The Balaban J connectivity index is 1.51. The number of nitrogens with one attached hydrogen (secondary N) is 1. The van der Waals surface area contributed by atoms with E-state index in [2.05, 4.69) is 20.4 Å². The van der Waals surface area contributed by atoms with Crippen LogP contribution in [0.1, 0.15) is 11.3 Å². The Kier molecular flexibility index (Phi) is 5.39. The summed E-state index contributed by atoms with van der Waals surface area (Å²) in [5.41, 5.74) is 1.47. The highest BCUT2D eigenvalue weighted by Gasteiger charge is 2.31. The molecule has 0 spiro atoms. The number of imidazole rings is 1. The van der Waals surface area contributed by atoms with Gasteiger partial charge in [-0.25, -0.2) is 13.9 Å². The molecule has 0 bridgehead atoms. The highest BCUT2D eigenvalue weighted by Crippen LogP contribution is 2.35. The topological polar surface area (TPSA) is 69.3 Å². The highest BCUT2D eigenvalue weighted by molar-refractivity contribution is 5.79. The number of ether oxygens (including phenoxy) is 1. The predicted molar refractivity (Wildman–Crippen MR) is 122 cm³/mol. The van der Waals surface area contributed by atoms with Crippen LogP contribution in [0.15, 0.2) is 67.3 Å². The highest BCUT2D eigenvalue weighted by atomic mass is 19.4. The number of alkyl halides is 3. The zero-order chi connectivity index (χ0) is 24.7. The van der Waals surface area contributed by atoms with Crippen LogP contribution in [0.3, 0.4) is 0 Å². The van der Waals surface area contributed by atoms with Gasteiger partial charge in [-0.2, -0.15) is 18.2 Å². The van der Waals surface area contributed by atoms with Crippen LogP contribution in [0.4, 0.5) is 29.2 Å². The molecular formula is C24H18F4N6O. The lowest BCUT2D eigenvalue weighted by atomic mass is 10.0. The fourth-order valence-electron chi connectivity index (χ4n) is 3.73. The Morgan fingerprint density at radius 1 is 1.03 bits per heavy atom. The second kappa shape index (κ2) is 8.42. The van der Waals surface area contributed by atoms with E-state index in [0.29, 0.717) is 17.5 Å². The number of pyridine rings is 1. The van der Waals surface area contributed by atoms with Crippen LogP contribution in [-0.2, 0) is 6.18 Å². The van der Waals surface area contributed by atoms with Gasteiger partial charge < -0.3 is 14.6 Å². The van der Waals surface area contributed by atoms with Gasteiger partial charge in [-0.1, -0.05) is 0 Å². The van der Waals surface area contributed by atoms with E-state index < -0.39 is 17.6 Å². The van der Waals surface area contributed by atoms with Gasteiger partial charge in [0.1, 0.15) is 11.6 Å². The molecule has 0 fully saturated rings. The summed E-state index contributed by atoms with van der Waals surface area (Å²) >= 11 is 0. The molecule has 5 rings (SSSR count). The van der Waals surface area contributed by atoms with Crippen LogP contribution in [-0.4, -0.2) is 31.3 Å². The van der Waals surface area contributed by atoms with E-state index in [9.17, 15) is 17.6 Å². The van der Waals surface area contributed by atoms with Crippen molar-refractivity contribution in [2.24, 2.45) is 0 Å². The van der Waals surface area contributed by atoms with E-state index in [0.717, 1.165) is 23.5 Å². The van der Waals surface area contributed by atoms with E-state index in [1.165, 1.54) is 10.6 Å². The first-order chi connectivity index (χ1) is 16.7. The Hall–Kier alpha value is -4.41. The normalized spacial score (nSPS) is 11.7. The molecule has 0 saturated heterocycles. The number of benzene rings is 2. The van der Waals surface area contributed by atoms with Gasteiger partial charge in [0.15, 0.2) is 5.65 Å². The van der Waals surface area contributed by atoms with Gasteiger partial charge in [-0.05, 0) is 49.4 Å². The average molecular weight is 482 g/mol. The number of rotatable bonds is 5. The summed E-state index contributed by atoms with van der Waals surface area (Å²) in [6.07, 6.45) is 0.517. The third kappa shape index (κ3) is 4.27.